The minimum Gasteiger partial charge on any atom is -0.441 e. The smallest absolute Gasteiger partial charge is 0.226 e. The van der Waals surface area contributed by atoms with Gasteiger partial charge in [0.2, 0.25) is 11.8 Å². The molecule has 0 aliphatic carbocycles. The van der Waals surface area contributed by atoms with Gasteiger partial charge in [0.25, 0.3) is 0 Å². The van der Waals surface area contributed by atoms with Crippen LogP contribution in [-0.4, -0.2) is 46.9 Å². The number of piperazine rings is 1. The molecule has 0 radical (unpaired) electrons. The lowest BCUT2D eigenvalue weighted by Gasteiger charge is -2.34. The summed E-state index contributed by atoms with van der Waals surface area (Å²) >= 11 is 0. The second kappa shape index (κ2) is 9.26. The van der Waals surface area contributed by atoms with Crippen molar-refractivity contribution >= 4 is 5.91 Å². The third kappa shape index (κ3) is 4.97. The fourth-order valence-corrected chi connectivity index (χ4v) is 3.82. The molecule has 5 heteroatoms. The summed E-state index contributed by atoms with van der Waals surface area (Å²) < 4.78 is 5.91. The maximum Gasteiger partial charge on any atom is 0.226 e. The molecule has 0 spiro atoms. The standard InChI is InChI=1S/C25H29N3O2/c1-19-8-11-22(12-9-19)25-26-23(20(2)30-25)18-27-14-16-28(17-15-27)24(29)13-10-21-6-4-3-5-7-21/h3-9,11-12H,10,13-18H2,1-2H3. The van der Waals surface area contributed by atoms with Crippen molar-refractivity contribution in [3.05, 3.63) is 77.2 Å². The van der Waals surface area contributed by atoms with Crippen LogP contribution in [-0.2, 0) is 17.8 Å². The van der Waals surface area contributed by atoms with Crippen LogP contribution in [0.3, 0.4) is 0 Å². The first-order valence-electron chi connectivity index (χ1n) is 10.7. The highest BCUT2D eigenvalue weighted by Gasteiger charge is 2.22. The molecule has 0 unspecified atom stereocenters. The summed E-state index contributed by atoms with van der Waals surface area (Å²) in [5, 5.41) is 0. The third-order valence-corrected chi connectivity index (χ3v) is 5.76. The Balaban J connectivity index is 1.28. The number of carbonyl (C=O) groups is 1. The van der Waals surface area contributed by atoms with Gasteiger partial charge in [-0.15, -0.1) is 0 Å². The van der Waals surface area contributed by atoms with Gasteiger partial charge in [0, 0.05) is 44.7 Å². The molecule has 0 saturated carbocycles. The normalized spacial score (nSPS) is 14.8. The van der Waals surface area contributed by atoms with E-state index >= 15 is 0 Å². The highest BCUT2D eigenvalue weighted by Crippen LogP contribution is 2.23. The quantitative estimate of drug-likeness (QED) is 0.618. The van der Waals surface area contributed by atoms with Crippen LogP contribution in [0.25, 0.3) is 11.5 Å². The molecule has 0 bridgehead atoms. The summed E-state index contributed by atoms with van der Waals surface area (Å²) in [7, 11) is 0. The molecule has 156 valence electrons. The predicted molar refractivity (Wildman–Crippen MR) is 118 cm³/mol. The maximum atomic E-state index is 12.6. The van der Waals surface area contributed by atoms with Crippen molar-refractivity contribution < 1.29 is 9.21 Å². The average molecular weight is 404 g/mol. The molecule has 1 fully saturated rings. The summed E-state index contributed by atoms with van der Waals surface area (Å²) in [6, 6.07) is 18.4. The number of benzene rings is 2. The summed E-state index contributed by atoms with van der Waals surface area (Å²) in [4.78, 5) is 21.6. The Morgan fingerprint density at radius 2 is 1.67 bits per heavy atom. The van der Waals surface area contributed by atoms with Gasteiger partial charge in [-0.05, 0) is 38.0 Å². The Hall–Kier alpha value is -2.92. The first-order chi connectivity index (χ1) is 14.6. The molecule has 2 heterocycles. The zero-order valence-corrected chi connectivity index (χ0v) is 17.8. The van der Waals surface area contributed by atoms with E-state index in [2.05, 4.69) is 36.1 Å². The Morgan fingerprint density at radius 3 is 2.37 bits per heavy atom. The Morgan fingerprint density at radius 1 is 0.967 bits per heavy atom. The van der Waals surface area contributed by atoms with Crippen LogP contribution in [0.4, 0.5) is 0 Å². The van der Waals surface area contributed by atoms with Gasteiger partial charge in [0.15, 0.2) is 0 Å². The van der Waals surface area contributed by atoms with Crippen LogP contribution < -0.4 is 0 Å². The molecule has 0 atom stereocenters. The molecule has 30 heavy (non-hydrogen) atoms. The van der Waals surface area contributed by atoms with Crippen LogP contribution in [0.15, 0.2) is 59.0 Å². The maximum absolute atomic E-state index is 12.6. The van der Waals surface area contributed by atoms with Crippen molar-refractivity contribution in [2.24, 2.45) is 0 Å². The highest BCUT2D eigenvalue weighted by molar-refractivity contribution is 5.76. The monoisotopic (exact) mass is 403 g/mol. The van der Waals surface area contributed by atoms with Crippen LogP contribution in [0.2, 0.25) is 0 Å². The van der Waals surface area contributed by atoms with E-state index in [1.165, 1.54) is 11.1 Å². The van der Waals surface area contributed by atoms with Crippen LogP contribution >= 0.6 is 0 Å². The van der Waals surface area contributed by atoms with E-state index < -0.39 is 0 Å². The number of oxazole rings is 1. The lowest BCUT2D eigenvalue weighted by atomic mass is 10.1. The molecule has 1 aliphatic rings. The Kier molecular flexibility index (Phi) is 6.29. The molecule has 2 aromatic carbocycles. The van der Waals surface area contributed by atoms with E-state index in [4.69, 9.17) is 9.40 Å². The van der Waals surface area contributed by atoms with Crippen molar-refractivity contribution in [2.75, 3.05) is 26.2 Å². The van der Waals surface area contributed by atoms with Gasteiger partial charge in [-0.25, -0.2) is 4.98 Å². The van der Waals surface area contributed by atoms with Crippen LogP contribution in [0.1, 0.15) is 29.0 Å². The van der Waals surface area contributed by atoms with E-state index in [9.17, 15) is 4.79 Å². The number of rotatable bonds is 6. The molecule has 3 aromatic rings. The highest BCUT2D eigenvalue weighted by atomic mass is 16.4. The number of aromatic nitrogens is 1. The lowest BCUT2D eigenvalue weighted by molar-refractivity contribution is -0.133. The van der Waals surface area contributed by atoms with E-state index in [0.29, 0.717) is 12.3 Å². The minimum atomic E-state index is 0.248. The molecule has 5 nitrogen and oxygen atoms in total. The van der Waals surface area contributed by atoms with E-state index in [1.54, 1.807) is 0 Å². The SMILES string of the molecule is Cc1ccc(-c2nc(CN3CCN(C(=O)CCc4ccccc4)CC3)c(C)o2)cc1. The zero-order chi connectivity index (χ0) is 20.9. The fourth-order valence-electron chi connectivity index (χ4n) is 3.82. The van der Waals surface area contributed by atoms with Crippen molar-refractivity contribution in [1.82, 2.24) is 14.8 Å². The number of nitrogens with zero attached hydrogens (tertiary/aromatic N) is 3. The molecule has 1 saturated heterocycles. The van der Waals surface area contributed by atoms with Gasteiger partial charge in [-0.2, -0.15) is 0 Å². The van der Waals surface area contributed by atoms with Crippen LogP contribution in [0, 0.1) is 13.8 Å². The van der Waals surface area contributed by atoms with Crippen molar-refractivity contribution in [3.8, 4) is 11.5 Å². The minimum absolute atomic E-state index is 0.248. The predicted octanol–water partition coefficient (Wildman–Crippen LogP) is 4.24. The Bertz CT molecular complexity index is 971. The molecule has 0 N–H and O–H groups in total. The number of carbonyl (C=O) groups excluding carboxylic acids is 1. The number of hydrogen-bond donors (Lipinski definition) is 0. The molecular weight excluding hydrogens is 374 g/mol. The van der Waals surface area contributed by atoms with Crippen molar-refractivity contribution in [1.29, 1.82) is 0 Å². The fraction of sp³-hybridized carbons (Fsp3) is 0.360. The topological polar surface area (TPSA) is 49.6 Å². The van der Waals surface area contributed by atoms with E-state index in [0.717, 1.165) is 56.2 Å². The number of hydrogen-bond acceptors (Lipinski definition) is 4. The van der Waals surface area contributed by atoms with Gasteiger partial charge in [0.1, 0.15) is 5.76 Å². The average Bonchev–Trinajstić information content (AvgIpc) is 3.14. The lowest BCUT2D eigenvalue weighted by Crippen LogP contribution is -2.48. The van der Waals surface area contributed by atoms with Gasteiger partial charge in [-0.3, -0.25) is 9.69 Å². The second-order valence-electron chi connectivity index (χ2n) is 8.03. The van der Waals surface area contributed by atoms with Gasteiger partial charge in [0.05, 0.1) is 5.69 Å². The van der Waals surface area contributed by atoms with E-state index in [1.807, 2.05) is 42.2 Å². The largest absolute Gasteiger partial charge is 0.441 e. The summed E-state index contributed by atoms with van der Waals surface area (Å²) in [6.07, 6.45) is 1.38. The third-order valence-electron chi connectivity index (χ3n) is 5.76. The van der Waals surface area contributed by atoms with Gasteiger partial charge in [-0.1, -0.05) is 48.0 Å². The molecular formula is C25H29N3O2. The van der Waals surface area contributed by atoms with Gasteiger partial charge < -0.3 is 9.32 Å². The molecule has 1 aromatic heterocycles. The van der Waals surface area contributed by atoms with Crippen molar-refractivity contribution in [2.45, 2.75) is 33.2 Å². The van der Waals surface area contributed by atoms with E-state index in [-0.39, 0.29) is 5.91 Å². The summed E-state index contributed by atoms with van der Waals surface area (Å²) in [5.41, 5.74) is 4.42. The Labute approximate surface area is 178 Å². The zero-order valence-electron chi connectivity index (χ0n) is 17.8. The first-order valence-corrected chi connectivity index (χ1v) is 10.7. The molecule has 1 amide bonds. The molecule has 4 rings (SSSR count). The first kappa shape index (κ1) is 20.4. The summed E-state index contributed by atoms with van der Waals surface area (Å²) in [5.74, 6) is 1.79. The van der Waals surface area contributed by atoms with Crippen LogP contribution in [0.5, 0.6) is 0 Å². The second-order valence-corrected chi connectivity index (χ2v) is 8.03. The van der Waals surface area contributed by atoms with Crippen molar-refractivity contribution in [3.63, 3.8) is 0 Å². The molecule has 1 aliphatic heterocycles. The number of aryl methyl sites for hydroxylation is 3. The summed E-state index contributed by atoms with van der Waals surface area (Å²) in [6.45, 7) is 8.08. The number of amides is 1. The van der Waals surface area contributed by atoms with Gasteiger partial charge >= 0.3 is 0 Å².